The maximum absolute atomic E-state index is 12.7. The molecule has 2 aromatic rings. The molecule has 0 bridgehead atoms. The minimum atomic E-state index is -4.39. The smallest absolute Gasteiger partial charge is 0.345 e. The quantitative estimate of drug-likeness (QED) is 0.377. The Hall–Kier alpha value is -2.75. The molecule has 0 aliphatic heterocycles. The van der Waals surface area contributed by atoms with Gasteiger partial charge in [-0.15, -0.1) is 0 Å². The van der Waals surface area contributed by atoms with E-state index < -0.39 is 31.5 Å². The van der Waals surface area contributed by atoms with Gasteiger partial charge in [0.05, 0.1) is 6.04 Å². The summed E-state index contributed by atoms with van der Waals surface area (Å²) in [6.07, 6.45) is 0.804. The molecule has 0 aromatic carbocycles. The lowest BCUT2D eigenvalue weighted by molar-refractivity contribution is -0.127. The van der Waals surface area contributed by atoms with Crippen molar-refractivity contribution in [2.45, 2.75) is 59.4 Å². The van der Waals surface area contributed by atoms with E-state index >= 15 is 0 Å². The first kappa shape index (κ1) is 25.5. The standard InChI is InChI=1S/C20H29N4O7P/c1-11(2)18(19(27)21-12(3)13(4)25)23-20-16(22-14(5)31-20)8-15-6-7-24(17(26)9-15)10-32(28,29)30/h6-7,9,11-12,18,23H,8,10H2,1-5H3,(H,21,27)(H2,28,29,30)/t12-,18-/m0/s1. The molecule has 32 heavy (non-hydrogen) atoms. The molecule has 2 aromatic heterocycles. The number of rotatable bonds is 10. The number of amides is 1. The first-order valence-electron chi connectivity index (χ1n) is 10.0. The molecule has 0 saturated heterocycles. The summed E-state index contributed by atoms with van der Waals surface area (Å²) in [5.74, 6) is -0.0270. The van der Waals surface area contributed by atoms with E-state index in [-0.39, 0.29) is 29.9 Å². The molecule has 0 saturated carbocycles. The number of hydrogen-bond donors (Lipinski definition) is 4. The van der Waals surface area contributed by atoms with Crippen LogP contribution in [0, 0.1) is 12.8 Å². The maximum Gasteiger partial charge on any atom is 0.345 e. The largest absolute Gasteiger partial charge is 0.425 e. The Balaban J connectivity index is 2.24. The Morgan fingerprint density at radius 1 is 1.28 bits per heavy atom. The molecule has 12 heteroatoms. The fraction of sp³-hybridized carbons (Fsp3) is 0.500. The highest BCUT2D eigenvalue weighted by Gasteiger charge is 2.27. The first-order chi connectivity index (χ1) is 14.8. The van der Waals surface area contributed by atoms with Crippen LogP contribution in [0.15, 0.2) is 27.5 Å². The van der Waals surface area contributed by atoms with E-state index in [9.17, 15) is 18.9 Å². The number of nitrogens with one attached hydrogen (secondary N) is 2. The molecule has 4 N–H and O–H groups in total. The van der Waals surface area contributed by atoms with Crippen molar-refractivity contribution in [3.05, 3.63) is 45.8 Å². The van der Waals surface area contributed by atoms with E-state index in [1.807, 2.05) is 13.8 Å². The number of carbonyl (C=O) groups excluding carboxylic acids is 2. The monoisotopic (exact) mass is 468 g/mol. The molecule has 0 spiro atoms. The third kappa shape index (κ3) is 7.15. The van der Waals surface area contributed by atoms with Gasteiger partial charge in [-0.25, -0.2) is 4.98 Å². The SMILES string of the molecule is CC(=O)[C@H](C)NC(=O)[C@@H](Nc1oc(C)nc1Cc1ccn(CP(=O)(O)O)c(=O)c1)C(C)C. The zero-order valence-corrected chi connectivity index (χ0v) is 19.6. The van der Waals surface area contributed by atoms with Crippen LogP contribution in [0.2, 0.25) is 0 Å². The molecule has 2 heterocycles. The number of anilines is 1. The molecule has 1 amide bonds. The third-order valence-corrected chi connectivity index (χ3v) is 5.45. The molecule has 0 aliphatic rings. The lowest BCUT2D eigenvalue weighted by atomic mass is 10.0. The average molecular weight is 468 g/mol. The Kier molecular flexibility index (Phi) is 8.17. The Morgan fingerprint density at radius 2 is 1.94 bits per heavy atom. The van der Waals surface area contributed by atoms with Gasteiger partial charge in [0.15, 0.2) is 11.7 Å². The van der Waals surface area contributed by atoms with E-state index in [1.165, 1.54) is 19.2 Å². The Morgan fingerprint density at radius 3 is 2.47 bits per heavy atom. The van der Waals surface area contributed by atoms with Crippen molar-refractivity contribution in [3.63, 3.8) is 0 Å². The molecule has 176 valence electrons. The van der Waals surface area contributed by atoms with E-state index in [4.69, 9.17) is 14.2 Å². The zero-order valence-electron chi connectivity index (χ0n) is 18.7. The van der Waals surface area contributed by atoms with Gasteiger partial charge >= 0.3 is 7.60 Å². The van der Waals surface area contributed by atoms with Crippen molar-refractivity contribution in [3.8, 4) is 0 Å². The second-order valence-corrected chi connectivity index (χ2v) is 9.65. The second kappa shape index (κ2) is 10.2. The molecule has 2 rings (SSSR count). The van der Waals surface area contributed by atoms with E-state index in [0.717, 1.165) is 4.57 Å². The predicted molar refractivity (Wildman–Crippen MR) is 117 cm³/mol. The number of aryl methyl sites for hydroxylation is 1. The van der Waals surface area contributed by atoms with Crippen molar-refractivity contribution in [2.75, 3.05) is 5.32 Å². The zero-order chi connectivity index (χ0) is 24.2. The number of aromatic nitrogens is 2. The summed E-state index contributed by atoms with van der Waals surface area (Å²) in [5.41, 5.74) is 0.468. The van der Waals surface area contributed by atoms with Crippen molar-refractivity contribution in [2.24, 2.45) is 5.92 Å². The lowest BCUT2D eigenvalue weighted by Gasteiger charge is -2.23. The van der Waals surface area contributed by atoms with Crippen LogP contribution in [0.25, 0.3) is 0 Å². The van der Waals surface area contributed by atoms with Crippen LogP contribution < -0.4 is 16.2 Å². The minimum Gasteiger partial charge on any atom is -0.425 e. The van der Waals surface area contributed by atoms with Gasteiger partial charge in [-0.05, 0) is 31.4 Å². The molecule has 0 aliphatic carbocycles. The topological polar surface area (TPSA) is 164 Å². The van der Waals surface area contributed by atoms with E-state index in [2.05, 4.69) is 15.6 Å². The van der Waals surface area contributed by atoms with Gasteiger partial charge < -0.3 is 29.4 Å². The number of Topliss-reactive ketones (excluding diaryl/α,β-unsaturated/α-hetero) is 1. The number of hydrogen-bond acceptors (Lipinski definition) is 7. The van der Waals surface area contributed by atoms with Gasteiger partial charge in [-0.3, -0.25) is 18.9 Å². The molecular weight excluding hydrogens is 439 g/mol. The van der Waals surface area contributed by atoms with Gasteiger partial charge in [0.1, 0.15) is 18.0 Å². The summed E-state index contributed by atoms with van der Waals surface area (Å²) in [6, 6.07) is 1.51. The summed E-state index contributed by atoms with van der Waals surface area (Å²) in [7, 11) is -4.39. The number of nitrogens with zero attached hydrogens (tertiary/aromatic N) is 2. The lowest BCUT2D eigenvalue weighted by Crippen LogP contribution is -2.48. The van der Waals surface area contributed by atoms with Crippen LogP contribution in [-0.4, -0.2) is 43.1 Å². The van der Waals surface area contributed by atoms with Crippen molar-refractivity contribution in [1.82, 2.24) is 14.9 Å². The summed E-state index contributed by atoms with van der Waals surface area (Å²) in [4.78, 5) is 58.8. The molecule has 2 atom stereocenters. The second-order valence-electron chi connectivity index (χ2n) is 8.04. The Bertz CT molecular complexity index is 1090. The number of ketones is 1. The van der Waals surface area contributed by atoms with Gasteiger partial charge in [0.2, 0.25) is 11.8 Å². The summed E-state index contributed by atoms with van der Waals surface area (Å²) >= 11 is 0. The fourth-order valence-electron chi connectivity index (χ4n) is 2.95. The van der Waals surface area contributed by atoms with Gasteiger partial charge in [-0.2, -0.15) is 0 Å². The highest BCUT2D eigenvalue weighted by atomic mass is 31.2. The normalized spacial score (nSPS) is 13.6. The molecular formula is C20H29N4O7P. The summed E-state index contributed by atoms with van der Waals surface area (Å²) in [6.45, 7) is 8.35. The van der Waals surface area contributed by atoms with Crippen LogP contribution >= 0.6 is 7.60 Å². The minimum absolute atomic E-state index is 0.135. The molecule has 11 nitrogen and oxygen atoms in total. The maximum atomic E-state index is 12.7. The van der Waals surface area contributed by atoms with Gasteiger partial charge in [-0.1, -0.05) is 13.8 Å². The van der Waals surface area contributed by atoms with Crippen LogP contribution in [0.5, 0.6) is 0 Å². The summed E-state index contributed by atoms with van der Waals surface area (Å²) < 4.78 is 17.7. The number of oxazole rings is 1. The number of pyridine rings is 1. The molecule has 0 radical (unpaired) electrons. The average Bonchev–Trinajstić information content (AvgIpc) is 2.99. The molecule has 0 unspecified atom stereocenters. The van der Waals surface area contributed by atoms with E-state index in [0.29, 0.717) is 17.1 Å². The summed E-state index contributed by atoms with van der Waals surface area (Å²) in [5, 5.41) is 5.72. The van der Waals surface area contributed by atoms with Crippen molar-refractivity contribution >= 4 is 25.2 Å². The molecule has 0 fully saturated rings. The van der Waals surface area contributed by atoms with Crippen LogP contribution in [0.3, 0.4) is 0 Å². The fourth-order valence-corrected chi connectivity index (χ4v) is 3.58. The van der Waals surface area contributed by atoms with E-state index in [1.54, 1.807) is 19.9 Å². The Labute approximate surface area is 185 Å². The first-order valence-corrected chi connectivity index (χ1v) is 11.8. The van der Waals surface area contributed by atoms with Crippen LogP contribution in [0.4, 0.5) is 5.88 Å². The van der Waals surface area contributed by atoms with Crippen molar-refractivity contribution in [1.29, 1.82) is 0 Å². The van der Waals surface area contributed by atoms with Crippen LogP contribution in [0.1, 0.15) is 44.8 Å². The van der Waals surface area contributed by atoms with Gasteiger partial charge in [0, 0.05) is 25.6 Å². The predicted octanol–water partition coefficient (Wildman–Crippen LogP) is 1.40. The van der Waals surface area contributed by atoms with Crippen molar-refractivity contribution < 1.29 is 28.4 Å². The van der Waals surface area contributed by atoms with Crippen LogP contribution in [-0.2, 0) is 26.9 Å². The number of carbonyl (C=O) groups is 2. The van der Waals surface area contributed by atoms with Gasteiger partial charge in [0.25, 0.3) is 5.56 Å². The third-order valence-electron chi connectivity index (χ3n) is 4.78. The highest BCUT2D eigenvalue weighted by Crippen LogP contribution is 2.35. The highest BCUT2D eigenvalue weighted by molar-refractivity contribution is 7.50.